The van der Waals surface area contributed by atoms with Crippen molar-refractivity contribution in [1.82, 2.24) is 4.57 Å². The number of hydrogen-bond acceptors (Lipinski definition) is 2. The van der Waals surface area contributed by atoms with Crippen molar-refractivity contribution < 1.29 is 0 Å². The summed E-state index contributed by atoms with van der Waals surface area (Å²) in [6.07, 6.45) is 10.6. The predicted octanol–water partition coefficient (Wildman–Crippen LogP) is 0.733. The highest BCUT2D eigenvalue weighted by molar-refractivity contribution is 5.78. The van der Waals surface area contributed by atoms with Gasteiger partial charge in [-0.05, 0) is 24.6 Å². The molecule has 17 heavy (non-hydrogen) atoms. The van der Waals surface area contributed by atoms with Gasteiger partial charge in [-0.3, -0.25) is 0 Å². The zero-order valence-electron chi connectivity index (χ0n) is 9.38. The Morgan fingerprint density at radius 2 is 1.88 bits per heavy atom. The van der Waals surface area contributed by atoms with Gasteiger partial charge in [0.25, 0.3) is 0 Å². The van der Waals surface area contributed by atoms with Crippen molar-refractivity contribution in [2.45, 2.75) is 6.42 Å². The summed E-state index contributed by atoms with van der Waals surface area (Å²) in [6.45, 7) is 0. The molecule has 1 aliphatic rings. The number of aliphatic imine (C=N–C) groups is 1. The Balaban J connectivity index is 2.45. The molecule has 0 bridgehead atoms. The number of nitrogens with zero attached hydrogens (tertiary/aromatic N) is 2. The highest BCUT2D eigenvalue weighted by Crippen LogP contribution is 2.25. The summed E-state index contributed by atoms with van der Waals surface area (Å²) in [5.41, 5.74) is 18.5. The van der Waals surface area contributed by atoms with E-state index in [1.54, 1.807) is 0 Å². The average Bonchev–Trinajstić information content (AvgIpc) is 2.81. The first-order chi connectivity index (χ1) is 8.18. The molecule has 0 saturated heterocycles. The molecule has 0 aliphatic heterocycles. The fourth-order valence-corrected chi connectivity index (χ4v) is 1.73. The Labute approximate surface area is 99.6 Å². The number of allylic oxidation sites excluding steroid dienone is 5. The maximum Gasteiger partial charge on any atom is 0.192 e. The summed E-state index contributed by atoms with van der Waals surface area (Å²) in [5, 5.41) is 0. The summed E-state index contributed by atoms with van der Waals surface area (Å²) >= 11 is 0. The quantitative estimate of drug-likeness (QED) is 0.515. The van der Waals surface area contributed by atoms with Gasteiger partial charge in [-0.2, -0.15) is 4.99 Å². The topological polar surface area (TPSA) is 95.3 Å². The van der Waals surface area contributed by atoms with Gasteiger partial charge in [-0.25, -0.2) is 0 Å². The Kier molecular flexibility index (Phi) is 3.00. The number of guanidine groups is 1. The first-order valence-electron chi connectivity index (χ1n) is 5.27. The molecule has 1 aliphatic carbocycles. The average molecular weight is 229 g/mol. The van der Waals surface area contributed by atoms with E-state index < -0.39 is 0 Å². The van der Waals surface area contributed by atoms with Crippen molar-refractivity contribution >= 4 is 11.7 Å². The molecular weight excluding hydrogens is 214 g/mol. The van der Waals surface area contributed by atoms with Crippen molar-refractivity contribution in [3.05, 3.63) is 54.1 Å². The lowest BCUT2D eigenvalue weighted by Gasteiger charge is -2.16. The van der Waals surface area contributed by atoms with Crippen LogP contribution in [0.1, 0.15) is 6.42 Å². The Morgan fingerprint density at radius 3 is 2.53 bits per heavy atom. The molecule has 1 aromatic heterocycles. The molecule has 5 nitrogen and oxygen atoms in total. The van der Waals surface area contributed by atoms with E-state index >= 15 is 0 Å². The van der Waals surface area contributed by atoms with Gasteiger partial charge in [0.05, 0.1) is 5.70 Å². The maximum absolute atomic E-state index is 5.89. The molecule has 2 rings (SSSR count). The van der Waals surface area contributed by atoms with E-state index in [9.17, 15) is 0 Å². The van der Waals surface area contributed by atoms with Gasteiger partial charge in [-0.15, -0.1) is 0 Å². The predicted molar refractivity (Wildman–Crippen MR) is 69.5 cm³/mol. The standard InChI is InChI=1S/C12H15N5/c13-11(16-12(14)15)9-5-1-2-6-10(9)17-7-3-4-8-17/h1-4,6-8H,5,13H2,(H4,14,15,16)/b11-9+. The summed E-state index contributed by atoms with van der Waals surface area (Å²) in [4.78, 5) is 3.90. The molecule has 0 amide bonds. The fraction of sp³-hybridized carbons (Fsp3) is 0.0833. The van der Waals surface area contributed by atoms with Gasteiger partial charge in [0.2, 0.25) is 0 Å². The van der Waals surface area contributed by atoms with Crippen LogP contribution in [0.25, 0.3) is 5.70 Å². The van der Waals surface area contributed by atoms with Crippen molar-refractivity contribution in [3.63, 3.8) is 0 Å². The van der Waals surface area contributed by atoms with Gasteiger partial charge in [-0.1, -0.05) is 12.2 Å². The molecule has 0 unspecified atom stereocenters. The molecular formula is C12H15N5. The largest absolute Gasteiger partial charge is 0.383 e. The van der Waals surface area contributed by atoms with Gasteiger partial charge < -0.3 is 21.8 Å². The van der Waals surface area contributed by atoms with Gasteiger partial charge in [0.1, 0.15) is 5.82 Å². The number of aromatic nitrogens is 1. The molecule has 0 aromatic carbocycles. The highest BCUT2D eigenvalue weighted by Gasteiger charge is 2.12. The zero-order chi connectivity index (χ0) is 12.3. The monoisotopic (exact) mass is 229 g/mol. The van der Waals surface area contributed by atoms with E-state index in [-0.39, 0.29) is 5.96 Å². The second-order valence-electron chi connectivity index (χ2n) is 3.67. The number of hydrogen-bond donors (Lipinski definition) is 3. The minimum atomic E-state index is -0.0311. The van der Waals surface area contributed by atoms with Crippen LogP contribution in [0.3, 0.4) is 0 Å². The normalized spacial score (nSPS) is 17.5. The molecule has 0 atom stereocenters. The smallest absolute Gasteiger partial charge is 0.192 e. The minimum absolute atomic E-state index is 0.0311. The Bertz CT molecular complexity index is 513. The van der Waals surface area contributed by atoms with E-state index in [0.717, 1.165) is 11.3 Å². The lowest BCUT2D eigenvalue weighted by molar-refractivity contribution is 1.03. The van der Waals surface area contributed by atoms with Crippen LogP contribution < -0.4 is 17.2 Å². The maximum atomic E-state index is 5.89. The molecule has 0 spiro atoms. The van der Waals surface area contributed by atoms with Gasteiger partial charge >= 0.3 is 0 Å². The molecule has 1 heterocycles. The molecule has 0 radical (unpaired) electrons. The third-order valence-electron chi connectivity index (χ3n) is 2.46. The van der Waals surface area contributed by atoms with E-state index in [1.807, 2.05) is 47.3 Å². The van der Waals surface area contributed by atoms with Crippen LogP contribution in [-0.4, -0.2) is 10.5 Å². The van der Waals surface area contributed by atoms with Crippen LogP contribution in [0, 0.1) is 0 Å². The summed E-state index contributed by atoms with van der Waals surface area (Å²) in [7, 11) is 0. The highest BCUT2D eigenvalue weighted by atomic mass is 15.0. The van der Waals surface area contributed by atoms with Crippen LogP contribution in [0.15, 0.2) is 59.1 Å². The summed E-state index contributed by atoms with van der Waals surface area (Å²) < 4.78 is 1.98. The van der Waals surface area contributed by atoms with Crippen LogP contribution in [0.4, 0.5) is 0 Å². The molecule has 6 N–H and O–H groups in total. The van der Waals surface area contributed by atoms with Crippen LogP contribution >= 0.6 is 0 Å². The first-order valence-corrected chi connectivity index (χ1v) is 5.27. The summed E-state index contributed by atoms with van der Waals surface area (Å²) in [6, 6.07) is 3.90. The van der Waals surface area contributed by atoms with Crippen molar-refractivity contribution in [1.29, 1.82) is 0 Å². The lowest BCUT2D eigenvalue weighted by atomic mass is 10.0. The SMILES string of the molecule is NC(N)=N/C(N)=C1\CC=CC=C1n1cccc1. The van der Waals surface area contributed by atoms with Crippen LogP contribution in [-0.2, 0) is 0 Å². The molecule has 0 fully saturated rings. The Hall–Kier alpha value is -2.43. The van der Waals surface area contributed by atoms with Crippen molar-refractivity contribution in [2.75, 3.05) is 0 Å². The van der Waals surface area contributed by atoms with E-state index in [4.69, 9.17) is 17.2 Å². The summed E-state index contributed by atoms with van der Waals surface area (Å²) in [5.74, 6) is 0.325. The molecule has 0 saturated carbocycles. The van der Waals surface area contributed by atoms with Crippen molar-refractivity contribution in [2.24, 2.45) is 22.2 Å². The lowest BCUT2D eigenvalue weighted by Crippen LogP contribution is -2.24. The second-order valence-corrected chi connectivity index (χ2v) is 3.67. The molecule has 5 heteroatoms. The third-order valence-corrected chi connectivity index (χ3v) is 2.46. The minimum Gasteiger partial charge on any atom is -0.383 e. The van der Waals surface area contributed by atoms with Crippen LogP contribution in [0.5, 0.6) is 0 Å². The first kappa shape index (κ1) is 11.1. The number of nitrogens with two attached hydrogens (primary N) is 3. The third kappa shape index (κ3) is 2.39. The van der Waals surface area contributed by atoms with Crippen LogP contribution in [0.2, 0.25) is 0 Å². The molecule has 1 aromatic rings. The second kappa shape index (κ2) is 4.61. The number of rotatable bonds is 2. The zero-order valence-corrected chi connectivity index (χ0v) is 9.38. The Morgan fingerprint density at radius 1 is 1.18 bits per heavy atom. The van der Waals surface area contributed by atoms with Gasteiger partial charge in [0, 0.05) is 18.0 Å². The van der Waals surface area contributed by atoms with E-state index in [2.05, 4.69) is 4.99 Å². The molecule has 88 valence electrons. The van der Waals surface area contributed by atoms with Gasteiger partial charge in [0.15, 0.2) is 5.96 Å². The van der Waals surface area contributed by atoms with Crippen molar-refractivity contribution in [3.8, 4) is 0 Å². The fourth-order valence-electron chi connectivity index (χ4n) is 1.73. The van der Waals surface area contributed by atoms with E-state index in [0.29, 0.717) is 12.2 Å². The van der Waals surface area contributed by atoms with E-state index in [1.165, 1.54) is 0 Å².